The maximum absolute atomic E-state index is 5.77. The molecule has 0 fully saturated rings. The maximum Gasteiger partial charge on any atom is 0.164 e. The molecule has 0 N–H and O–H groups in total. The van der Waals surface area contributed by atoms with E-state index in [4.69, 9.17) is 14.2 Å². The highest BCUT2D eigenvalue weighted by Gasteiger charge is 2.36. The van der Waals surface area contributed by atoms with Crippen molar-refractivity contribution in [2.75, 3.05) is 21.3 Å². The lowest BCUT2D eigenvalue weighted by molar-refractivity contribution is 0.303. The molecule has 0 radical (unpaired) electrons. The fourth-order valence-corrected chi connectivity index (χ4v) is 3.92. The zero-order valence-electron chi connectivity index (χ0n) is 15.1. The Hall–Kier alpha value is -2.16. The van der Waals surface area contributed by atoms with E-state index >= 15 is 0 Å². The van der Waals surface area contributed by atoms with E-state index in [-0.39, 0.29) is 0 Å². The summed E-state index contributed by atoms with van der Waals surface area (Å²) in [5.41, 5.74) is 3.93. The molecule has 3 atom stereocenters. The first kappa shape index (κ1) is 16.7. The third-order valence-corrected chi connectivity index (χ3v) is 5.43. The molecule has 1 aliphatic carbocycles. The second kappa shape index (κ2) is 6.76. The lowest BCUT2D eigenvalue weighted by atomic mass is 9.67. The van der Waals surface area contributed by atoms with E-state index in [1.807, 2.05) is 18.2 Å². The maximum atomic E-state index is 5.77. The van der Waals surface area contributed by atoms with Crippen molar-refractivity contribution in [3.8, 4) is 17.2 Å². The second-order valence-electron chi connectivity index (χ2n) is 6.67. The average Bonchev–Trinajstić information content (AvgIpc) is 2.62. The molecule has 0 saturated heterocycles. The van der Waals surface area contributed by atoms with Gasteiger partial charge in [-0.1, -0.05) is 32.0 Å². The zero-order valence-corrected chi connectivity index (χ0v) is 15.1. The van der Waals surface area contributed by atoms with E-state index in [1.54, 1.807) is 21.3 Å². The van der Waals surface area contributed by atoms with Crippen LogP contribution in [0.4, 0.5) is 0 Å². The van der Waals surface area contributed by atoms with Gasteiger partial charge in [0.15, 0.2) is 11.5 Å². The van der Waals surface area contributed by atoms with Gasteiger partial charge in [-0.05, 0) is 47.6 Å². The standard InChI is InChI=1S/C21H26O3/c1-13-12-16-8-11-18(23-4)21(24-5)20(16)19(14(13)2)15-6-9-17(22-3)10-7-15/h6-11,13-14,19H,12H2,1-5H3/t13-,14-,19-/m1/s1. The van der Waals surface area contributed by atoms with Gasteiger partial charge in [-0.15, -0.1) is 0 Å². The van der Waals surface area contributed by atoms with Gasteiger partial charge in [-0.25, -0.2) is 0 Å². The molecular formula is C21H26O3. The summed E-state index contributed by atoms with van der Waals surface area (Å²) >= 11 is 0. The molecule has 0 saturated carbocycles. The van der Waals surface area contributed by atoms with Crippen molar-refractivity contribution in [1.29, 1.82) is 0 Å². The van der Waals surface area contributed by atoms with E-state index in [0.717, 1.165) is 23.7 Å². The van der Waals surface area contributed by atoms with E-state index in [2.05, 4.69) is 32.0 Å². The van der Waals surface area contributed by atoms with Crippen LogP contribution in [0.15, 0.2) is 36.4 Å². The topological polar surface area (TPSA) is 27.7 Å². The molecule has 128 valence electrons. The van der Waals surface area contributed by atoms with Gasteiger partial charge in [0.05, 0.1) is 21.3 Å². The quantitative estimate of drug-likeness (QED) is 0.817. The van der Waals surface area contributed by atoms with E-state index in [1.165, 1.54) is 16.7 Å². The number of ether oxygens (including phenoxy) is 3. The molecule has 0 amide bonds. The van der Waals surface area contributed by atoms with Crippen LogP contribution >= 0.6 is 0 Å². The van der Waals surface area contributed by atoms with Crippen molar-refractivity contribution < 1.29 is 14.2 Å². The van der Waals surface area contributed by atoms with Crippen LogP contribution in [0.25, 0.3) is 0 Å². The Bertz CT molecular complexity index is 706. The van der Waals surface area contributed by atoms with Gasteiger partial charge in [-0.2, -0.15) is 0 Å². The summed E-state index contributed by atoms with van der Waals surface area (Å²) in [5, 5.41) is 0. The molecule has 0 unspecified atom stereocenters. The highest BCUT2D eigenvalue weighted by Crippen LogP contribution is 2.50. The highest BCUT2D eigenvalue weighted by molar-refractivity contribution is 5.56. The normalized spacial score (nSPS) is 22.6. The molecule has 2 aromatic rings. The van der Waals surface area contributed by atoms with Crippen molar-refractivity contribution in [3.63, 3.8) is 0 Å². The third-order valence-electron chi connectivity index (χ3n) is 5.43. The van der Waals surface area contributed by atoms with E-state index in [9.17, 15) is 0 Å². The Morgan fingerprint density at radius 2 is 1.54 bits per heavy atom. The number of rotatable bonds is 4. The lowest BCUT2D eigenvalue weighted by Crippen LogP contribution is -2.27. The first-order chi connectivity index (χ1) is 11.6. The van der Waals surface area contributed by atoms with Crippen LogP contribution in [0.3, 0.4) is 0 Å². The van der Waals surface area contributed by atoms with Gasteiger partial charge in [0, 0.05) is 11.5 Å². The SMILES string of the molecule is COc1ccc([C@@H]2c3c(ccc(OC)c3OC)C[C@@H](C)[C@H]2C)cc1. The molecule has 0 spiro atoms. The summed E-state index contributed by atoms with van der Waals surface area (Å²) in [6.07, 6.45) is 1.07. The van der Waals surface area contributed by atoms with Crippen LogP contribution in [-0.4, -0.2) is 21.3 Å². The molecule has 24 heavy (non-hydrogen) atoms. The number of hydrogen-bond donors (Lipinski definition) is 0. The number of methoxy groups -OCH3 is 3. The molecule has 3 nitrogen and oxygen atoms in total. The highest BCUT2D eigenvalue weighted by atomic mass is 16.5. The molecular weight excluding hydrogens is 300 g/mol. The largest absolute Gasteiger partial charge is 0.497 e. The monoisotopic (exact) mass is 326 g/mol. The Balaban J connectivity index is 2.18. The van der Waals surface area contributed by atoms with E-state index < -0.39 is 0 Å². The first-order valence-corrected chi connectivity index (χ1v) is 8.48. The third kappa shape index (κ3) is 2.72. The van der Waals surface area contributed by atoms with Crippen molar-refractivity contribution in [2.24, 2.45) is 11.8 Å². The minimum atomic E-state index is 0.291. The summed E-state index contributed by atoms with van der Waals surface area (Å²) in [6, 6.07) is 12.6. The number of benzene rings is 2. The van der Waals surface area contributed by atoms with Crippen molar-refractivity contribution in [1.82, 2.24) is 0 Å². The van der Waals surface area contributed by atoms with Crippen LogP contribution in [0, 0.1) is 11.8 Å². The number of hydrogen-bond acceptors (Lipinski definition) is 3. The van der Waals surface area contributed by atoms with Crippen LogP contribution < -0.4 is 14.2 Å². The number of fused-ring (bicyclic) bond motifs is 1. The smallest absolute Gasteiger partial charge is 0.164 e. The van der Waals surface area contributed by atoms with Gasteiger partial charge in [0.2, 0.25) is 0 Å². The summed E-state index contributed by atoms with van der Waals surface area (Å²) in [5.74, 6) is 3.98. The van der Waals surface area contributed by atoms with Crippen molar-refractivity contribution in [2.45, 2.75) is 26.2 Å². The molecule has 0 aliphatic heterocycles. The Labute approximate surface area is 144 Å². The predicted molar refractivity (Wildman–Crippen MR) is 96.4 cm³/mol. The van der Waals surface area contributed by atoms with Gasteiger partial charge in [0.1, 0.15) is 5.75 Å². The summed E-state index contributed by atoms with van der Waals surface area (Å²) in [6.45, 7) is 4.67. The Morgan fingerprint density at radius 3 is 2.12 bits per heavy atom. The van der Waals surface area contributed by atoms with Gasteiger partial charge in [0.25, 0.3) is 0 Å². The van der Waals surface area contributed by atoms with Crippen LogP contribution in [-0.2, 0) is 6.42 Å². The Kier molecular flexibility index (Phi) is 4.70. The molecule has 0 heterocycles. The molecule has 1 aliphatic rings. The Morgan fingerprint density at radius 1 is 0.833 bits per heavy atom. The molecule has 3 rings (SSSR count). The summed E-state index contributed by atoms with van der Waals surface area (Å²) < 4.78 is 16.6. The molecule has 3 heteroatoms. The molecule has 0 bridgehead atoms. The van der Waals surface area contributed by atoms with Crippen molar-refractivity contribution >= 4 is 0 Å². The fourth-order valence-electron chi connectivity index (χ4n) is 3.92. The van der Waals surface area contributed by atoms with Crippen LogP contribution in [0.2, 0.25) is 0 Å². The van der Waals surface area contributed by atoms with Gasteiger partial charge >= 0.3 is 0 Å². The average molecular weight is 326 g/mol. The van der Waals surface area contributed by atoms with Crippen LogP contribution in [0.5, 0.6) is 17.2 Å². The zero-order chi connectivity index (χ0) is 17.3. The van der Waals surface area contributed by atoms with Gasteiger partial charge < -0.3 is 14.2 Å². The van der Waals surface area contributed by atoms with E-state index in [0.29, 0.717) is 17.8 Å². The summed E-state index contributed by atoms with van der Waals surface area (Å²) in [4.78, 5) is 0. The fraction of sp³-hybridized carbons (Fsp3) is 0.429. The summed E-state index contributed by atoms with van der Waals surface area (Å²) in [7, 11) is 5.12. The minimum Gasteiger partial charge on any atom is -0.497 e. The lowest BCUT2D eigenvalue weighted by Gasteiger charge is -2.37. The molecule has 2 aromatic carbocycles. The minimum absolute atomic E-state index is 0.291. The first-order valence-electron chi connectivity index (χ1n) is 8.48. The predicted octanol–water partition coefficient (Wildman–Crippen LogP) is 4.67. The van der Waals surface area contributed by atoms with Crippen LogP contribution in [0.1, 0.15) is 36.5 Å². The second-order valence-corrected chi connectivity index (χ2v) is 6.67. The van der Waals surface area contributed by atoms with Crippen molar-refractivity contribution in [3.05, 3.63) is 53.1 Å². The molecule has 0 aromatic heterocycles. The van der Waals surface area contributed by atoms with Gasteiger partial charge in [-0.3, -0.25) is 0 Å².